The number of para-hydroxylation sites is 1. The van der Waals surface area contributed by atoms with Gasteiger partial charge in [-0.3, -0.25) is 9.59 Å². The standard InChI is InChI=1S/C27H26N2O3/c1-17(2)19-9-13-21(14-10-19)28-25-24(20-11-15-22(32-4)16-12-20)26(30)29(27(25)31)23-8-6-5-7-18(23)3/h5-17,28H,1-4H3. The first-order chi connectivity index (χ1) is 15.4. The summed E-state index contributed by atoms with van der Waals surface area (Å²) in [4.78, 5) is 28.3. The zero-order valence-electron chi connectivity index (χ0n) is 18.7. The summed E-state index contributed by atoms with van der Waals surface area (Å²) in [7, 11) is 1.59. The van der Waals surface area contributed by atoms with Crippen LogP contribution in [0.5, 0.6) is 5.75 Å². The van der Waals surface area contributed by atoms with Crippen molar-refractivity contribution < 1.29 is 14.3 Å². The molecule has 0 unspecified atom stereocenters. The van der Waals surface area contributed by atoms with Crippen molar-refractivity contribution in [3.05, 3.63) is 95.2 Å². The molecule has 3 aromatic rings. The quantitative estimate of drug-likeness (QED) is 0.527. The first-order valence-electron chi connectivity index (χ1n) is 10.6. The smallest absolute Gasteiger partial charge is 0.282 e. The molecule has 5 heteroatoms. The Morgan fingerprint density at radius 3 is 2.09 bits per heavy atom. The van der Waals surface area contributed by atoms with Crippen molar-refractivity contribution in [3.8, 4) is 5.75 Å². The fraction of sp³-hybridized carbons (Fsp3) is 0.185. The van der Waals surface area contributed by atoms with Crippen molar-refractivity contribution in [1.82, 2.24) is 0 Å². The molecule has 1 aliphatic heterocycles. The molecule has 0 saturated heterocycles. The van der Waals surface area contributed by atoms with E-state index in [0.29, 0.717) is 28.5 Å². The van der Waals surface area contributed by atoms with E-state index < -0.39 is 0 Å². The predicted molar refractivity (Wildman–Crippen MR) is 128 cm³/mol. The van der Waals surface area contributed by atoms with E-state index in [4.69, 9.17) is 4.74 Å². The van der Waals surface area contributed by atoms with E-state index in [2.05, 4.69) is 19.2 Å². The summed E-state index contributed by atoms with van der Waals surface area (Å²) in [5.74, 6) is 0.365. The lowest BCUT2D eigenvalue weighted by Crippen LogP contribution is -2.33. The number of ether oxygens (including phenoxy) is 1. The molecule has 32 heavy (non-hydrogen) atoms. The summed E-state index contributed by atoms with van der Waals surface area (Å²) in [5.41, 5.74) is 4.65. The zero-order chi connectivity index (χ0) is 22.8. The van der Waals surface area contributed by atoms with E-state index in [1.165, 1.54) is 10.5 Å². The zero-order valence-corrected chi connectivity index (χ0v) is 18.7. The van der Waals surface area contributed by atoms with Gasteiger partial charge in [0, 0.05) is 5.69 Å². The molecule has 1 heterocycles. The lowest BCUT2D eigenvalue weighted by molar-refractivity contribution is -0.120. The largest absolute Gasteiger partial charge is 0.497 e. The van der Waals surface area contributed by atoms with E-state index in [9.17, 15) is 9.59 Å². The number of methoxy groups -OCH3 is 1. The minimum Gasteiger partial charge on any atom is -0.497 e. The van der Waals surface area contributed by atoms with Gasteiger partial charge in [-0.05, 0) is 59.9 Å². The minimum absolute atomic E-state index is 0.265. The minimum atomic E-state index is -0.372. The second kappa shape index (κ2) is 8.71. The van der Waals surface area contributed by atoms with Crippen molar-refractivity contribution in [2.45, 2.75) is 26.7 Å². The number of amides is 2. The Bertz CT molecular complexity index is 1190. The summed E-state index contributed by atoms with van der Waals surface area (Å²) in [6.07, 6.45) is 0. The topological polar surface area (TPSA) is 58.6 Å². The molecule has 3 aromatic carbocycles. The highest BCUT2D eigenvalue weighted by atomic mass is 16.5. The fourth-order valence-corrected chi connectivity index (χ4v) is 3.80. The van der Waals surface area contributed by atoms with Crippen LogP contribution in [-0.4, -0.2) is 18.9 Å². The molecule has 0 bridgehead atoms. The Balaban J connectivity index is 1.79. The Labute approximate surface area is 188 Å². The van der Waals surface area contributed by atoms with Gasteiger partial charge in [0.05, 0.1) is 18.4 Å². The number of benzene rings is 3. The van der Waals surface area contributed by atoms with Crippen LogP contribution in [0.1, 0.15) is 36.5 Å². The third-order valence-corrected chi connectivity index (χ3v) is 5.67. The Morgan fingerprint density at radius 1 is 0.844 bits per heavy atom. The van der Waals surface area contributed by atoms with Crippen molar-refractivity contribution in [3.63, 3.8) is 0 Å². The third-order valence-electron chi connectivity index (χ3n) is 5.67. The predicted octanol–water partition coefficient (Wildman–Crippen LogP) is 5.52. The molecule has 0 spiro atoms. The van der Waals surface area contributed by atoms with Crippen molar-refractivity contribution in [2.75, 3.05) is 17.3 Å². The number of imide groups is 1. The number of carbonyl (C=O) groups is 2. The van der Waals surface area contributed by atoms with Crippen LogP contribution in [0.2, 0.25) is 0 Å². The molecule has 0 atom stereocenters. The van der Waals surface area contributed by atoms with Gasteiger partial charge < -0.3 is 10.1 Å². The van der Waals surface area contributed by atoms with Gasteiger partial charge in [0.1, 0.15) is 11.4 Å². The van der Waals surface area contributed by atoms with Crippen LogP contribution in [-0.2, 0) is 9.59 Å². The van der Waals surface area contributed by atoms with Crippen LogP contribution < -0.4 is 15.0 Å². The summed E-state index contributed by atoms with van der Waals surface area (Å²) in [6.45, 7) is 6.15. The molecule has 0 aliphatic carbocycles. The Kier molecular flexibility index (Phi) is 5.82. The maximum Gasteiger partial charge on any atom is 0.282 e. The maximum atomic E-state index is 13.5. The SMILES string of the molecule is COc1ccc(C2=C(Nc3ccc(C(C)C)cc3)C(=O)N(c3ccccc3C)C2=O)cc1. The summed E-state index contributed by atoms with van der Waals surface area (Å²) in [5, 5.41) is 3.22. The molecule has 0 fully saturated rings. The number of nitrogens with one attached hydrogen (secondary N) is 1. The number of carbonyl (C=O) groups excluding carboxylic acids is 2. The molecule has 162 valence electrons. The molecular weight excluding hydrogens is 400 g/mol. The van der Waals surface area contributed by atoms with Gasteiger partial charge in [-0.15, -0.1) is 0 Å². The summed E-state index contributed by atoms with van der Waals surface area (Å²) >= 11 is 0. The van der Waals surface area contributed by atoms with E-state index >= 15 is 0 Å². The number of rotatable bonds is 6. The van der Waals surface area contributed by atoms with E-state index in [1.807, 2.05) is 49.4 Å². The van der Waals surface area contributed by atoms with Crippen LogP contribution in [0.3, 0.4) is 0 Å². The molecule has 0 aromatic heterocycles. The molecule has 1 aliphatic rings. The van der Waals surface area contributed by atoms with Crippen LogP contribution in [0.15, 0.2) is 78.5 Å². The van der Waals surface area contributed by atoms with Crippen molar-refractivity contribution >= 4 is 28.8 Å². The lowest BCUT2D eigenvalue weighted by Gasteiger charge is -2.17. The average Bonchev–Trinajstić information content (AvgIpc) is 3.04. The molecule has 1 N–H and O–H groups in total. The number of hydrogen-bond donors (Lipinski definition) is 1. The first-order valence-corrected chi connectivity index (χ1v) is 10.6. The van der Waals surface area contributed by atoms with Crippen LogP contribution >= 0.6 is 0 Å². The number of hydrogen-bond acceptors (Lipinski definition) is 4. The number of anilines is 2. The van der Waals surface area contributed by atoms with Crippen LogP contribution in [0, 0.1) is 6.92 Å². The Morgan fingerprint density at radius 2 is 1.50 bits per heavy atom. The van der Waals surface area contributed by atoms with Gasteiger partial charge in [0.15, 0.2) is 0 Å². The highest BCUT2D eigenvalue weighted by Crippen LogP contribution is 2.35. The number of nitrogens with zero attached hydrogens (tertiary/aromatic N) is 1. The van der Waals surface area contributed by atoms with Crippen LogP contribution in [0.4, 0.5) is 11.4 Å². The second-order valence-electron chi connectivity index (χ2n) is 8.11. The molecule has 5 nitrogen and oxygen atoms in total. The number of aryl methyl sites for hydroxylation is 1. The molecule has 0 saturated carbocycles. The van der Waals surface area contributed by atoms with E-state index in [1.54, 1.807) is 37.4 Å². The van der Waals surface area contributed by atoms with Crippen molar-refractivity contribution in [2.24, 2.45) is 0 Å². The third kappa shape index (κ3) is 3.89. The second-order valence-corrected chi connectivity index (χ2v) is 8.11. The molecule has 4 rings (SSSR count). The normalized spacial score (nSPS) is 13.8. The fourth-order valence-electron chi connectivity index (χ4n) is 3.80. The summed E-state index contributed by atoms with van der Waals surface area (Å²) in [6, 6.07) is 22.5. The van der Waals surface area contributed by atoms with Crippen LogP contribution in [0.25, 0.3) is 5.57 Å². The lowest BCUT2D eigenvalue weighted by atomic mass is 10.0. The van der Waals surface area contributed by atoms with E-state index in [-0.39, 0.29) is 17.5 Å². The first kappa shape index (κ1) is 21.4. The Hall–Kier alpha value is -3.86. The van der Waals surface area contributed by atoms with Crippen molar-refractivity contribution in [1.29, 1.82) is 0 Å². The van der Waals surface area contributed by atoms with Gasteiger partial charge in [-0.2, -0.15) is 0 Å². The van der Waals surface area contributed by atoms with E-state index in [0.717, 1.165) is 11.3 Å². The van der Waals surface area contributed by atoms with Gasteiger partial charge in [-0.1, -0.05) is 56.3 Å². The van der Waals surface area contributed by atoms with Gasteiger partial charge in [0.2, 0.25) is 0 Å². The maximum absolute atomic E-state index is 13.5. The molecule has 0 radical (unpaired) electrons. The molecule has 2 amide bonds. The highest BCUT2D eigenvalue weighted by Gasteiger charge is 2.40. The highest BCUT2D eigenvalue weighted by molar-refractivity contribution is 6.46. The summed E-state index contributed by atoms with van der Waals surface area (Å²) < 4.78 is 5.24. The molecular formula is C27H26N2O3. The monoisotopic (exact) mass is 426 g/mol. The van der Waals surface area contributed by atoms with Gasteiger partial charge >= 0.3 is 0 Å². The van der Waals surface area contributed by atoms with Gasteiger partial charge in [-0.25, -0.2) is 4.90 Å². The van der Waals surface area contributed by atoms with Gasteiger partial charge in [0.25, 0.3) is 11.8 Å². The average molecular weight is 427 g/mol.